The van der Waals surface area contributed by atoms with Crippen molar-refractivity contribution < 1.29 is 14.3 Å². The highest BCUT2D eigenvalue weighted by Crippen LogP contribution is 2.17. The summed E-state index contributed by atoms with van der Waals surface area (Å²) in [5, 5.41) is 0. The predicted octanol–water partition coefficient (Wildman–Crippen LogP) is 1.14. The maximum atomic E-state index is 11.9. The molecule has 0 aliphatic rings. The van der Waals surface area contributed by atoms with Gasteiger partial charge in [-0.15, -0.1) is 0 Å². The summed E-state index contributed by atoms with van der Waals surface area (Å²) in [7, 11) is 3.68. The molecule has 1 rings (SSSR count). The minimum atomic E-state index is -0.687. The lowest BCUT2D eigenvalue weighted by Gasteiger charge is -2.16. The van der Waals surface area contributed by atoms with Crippen LogP contribution in [0, 0.1) is 0 Å². The summed E-state index contributed by atoms with van der Waals surface area (Å²) in [6.07, 6.45) is -0.687. The SMILES string of the molecule is CCOC(=O)NNC(=O)c1ccccc1N(C)C. The van der Waals surface area contributed by atoms with Gasteiger partial charge in [0.15, 0.2) is 0 Å². The van der Waals surface area contributed by atoms with Gasteiger partial charge in [0.25, 0.3) is 5.91 Å². The first-order valence-corrected chi connectivity index (χ1v) is 5.55. The van der Waals surface area contributed by atoms with Gasteiger partial charge in [0.05, 0.1) is 12.2 Å². The van der Waals surface area contributed by atoms with E-state index in [1.54, 1.807) is 19.1 Å². The molecule has 18 heavy (non-hydrogen) atoms. The van der Waals surface area contributed by atoms with E-state index in [1.165, 1.54) is 0 Å². The molecule has 6 nitrogen and oxygen atoms in total. The minimum Gasteiger partial charge on any atom is -0.449 e. The van der Waals surface area contributed by atoms with Crippen molar-refractivity contribution >= 4 is 17.7 Å². The minimum absolute atomic E-state index is 0.246. The van der Waals surface area contributed by atoms with Crippen LogP contribution in [-0.4, -0.2) is 32.7 Å². The second kappa shape index (κ2) is 6.48. The Morgan fingerprint density at radius 3 is 2.50 bits per heavy atom. The molecule has 6 heteroatoms. The molecule has 1 aromatic rings. The molecule has 0 aromatic heterocycles. The fourth-order valence-electron chi connectivity index (χ4n) is 1.40. The zero-order valence-corrected chi connectivity index (χ0v) is 10.7. The van der Waals surface area contributed by atoms with Crippen LogP contribution >= 0.6 is 0 Å². The quantitative estimate of drug-likeness (QED) is 0.790. The number of para-hydroxylation sites is 1. The van der Waals surface area contributed by atoms with Crippen molar-refractivity contribution in [1.82, 2.24) is 10.9 Å². The van der Waals surface area contributed by atoms with Crippen molar-refractivity contribution in [2.24, 2.45) is 0 Å². The van der Waals surface area contributed by atoms with Crippen molar-refractivity contribution in [3.8, 4) is 0 Å². The van der Waals surface area contributed by atoms with Gasteiger partial charge in [-0.2, -0.15) is 0 Å². The van der Waals surface area contributed by atoms with Gasteiger partial charge >= 0.3 is 6.09 Å². The topological polar surface area (TPSA) is 70.7 Å². The standard InChI is InChI=1S/C12H17N3O3/c1-4-18-12(17)14-13-11(16)9-7-5-6-8-10(9)15(2)3/h5-8H,4H2,1-3H3,(H,13,16)(H,14,17). The summed E-state index contributed by atoms with van der Waals surface area (Å²) in [5.41, 5.74) is 5.69. The molecular weight excluding hydrogens is 234 g/mol. The molecule has 98 valence electrons. The van der Waals surface area contributed by atoms with Gasteiger partial charge in [-0.05, 0) is 19.1 Å². The first-order chi connectivity index (χ1) is 8.56. The zero-order chi connectivity index (χ0) is 13.5. The Morgan fingerprint density at radius 1 is 1.22 bits per heavy atom. The largest absolute Gasteiger partial charge is 0.449 e. The summed E-state index contributed by atoms with van der Waals surface area (Å²) in [6.45, 7) is 1.93. The Kier molecular flexibility index (Phi) is 4.98. The predicted molar refractivity (Wildman–Crippen MR) is 68.4 cm³/mol. The molecule has 0 heterocycles. The number of anilines is 1. The van der Waals surface area contributed by atoms with Gasteiger partial charge in [-0.1, -0.05) is 12.1 Å². The van der Waals surface area contributed by atoms with E-state index >= 15 is 0 Å². The number of nitrogens with one attached hydrogen (secondary N) is 2. The number of carbonyl (C=O) groups excluding carboxylic acids is 2. The van der Waals surface area contributed by atoms with Gasteiger partial charge < -0.3 is 9.64 Å². The lowest BCUT2D eigenvalue weighted by Crippen LogP contribution is -2.42. The molecule has 2 N–H and O–H groups in total. The van der Waals surface area contributed by atoms with Crippen LogP contribution in [-0.2, 0) is 4.74 Å². The molecule has 0 bridgehead atoms. The summed E-state index contributed by atoms with van der Waals surface area (Å²) in [4.78, 5) is 24.7. The van der Waals surface area contributed by atoms with Crippen LogP contribution in [0.5, 0.6) is 0 Å². The van der Waals surface area contributed by atoms with E-state index in [1.807, 2.05) is 31.1 Å². The number of ether oxygens (including phenoxy) is 1. The van der Waals surface area contributed by atoms with Crippen LogP contribution in [0.4, 0.5) is 10.5 Å². The van der Waals surface area contributed by atoms with E-state index in [4.69, 9.17) is 0 Å². The Hall–Kier alpha value is -2.24. The van der Waals surface area contributed by atoms with Crippen LogP contribution in [0.3, 0.4) is 0 Å². The highest BCUT2D eigenvalue weighted by atomic mass is 16.5. The third-order valence-corrected chi connectivity index (χ3v) is 2.18. The first kappa shape index (κ1) is 13.8. The lowest BCUT2D eigenvalue weighted by atomic mass is 10.1. The molecule has 0 saturated heterocycles. The molecule has 0 aliphatic heterocycles. The van der Waals surface area contributed by atoms with Crippen LogP contribution in [0.2, 0.25) is 0 Å². The molecule has 0 spiro atoms. The fraction of sp³-hybridized carbons (Fsp3) is 0.333. The number of hydrogen-bond donors (Lipinski definition) is 2. The second-order valence-corrected chi connectivity index (χ2v) is 3.71. The van der Waals surface area contributed by atoms with Gasteiger partial charge in [-0.3, -0.25) is 10.2 Å². The van der Waals surface area contributed by atoms with E-state index in [0.29, 0.717) is 5.56 Å². The first-order valence-electron chi connectivity index (χ1n) is 5.55. The van der Waals surface area contributed by atoms with E-state index in [0.717, 1.165) is 5.69 Å². The third-order valence-electron chi connectivity index (χ3n) is 2.18. The monoisotopic (exact) mass is 251 g/mol. The maximum absolute atomic E-state index is 11.9. The van der Waals surface area contributed by atoms with E-state index in [-0.39, 0.29) is 6.61 Å². The average Bonchev–Trinajstić information content (AvgIpc) is 2.36. The van der Waals surface area contributed by atoms with Crippen molar-refractivity contribution in [1.29, 1.82) is 0 Å². The van der Waals surface area contributed by atoms with Crippen LogP contribution < -0.4 is 15.8 Å². The number of hydrogen-bond acceptors (Lipinski definition) is 4. The van der Waals surface area contributed by atoms with Crippen molar-refractivity contribution in [2.45, 2.75) is 6.92 Å². The van der Waals surface area contributed by atoms with Gasteiger partial charge in [0.2, 0.25) is 0 Å². The fourth-order valence-corrected chi connectivity index (χ4v) is 1.40. The number of nitrogens with zero attached hydrogens (tertiary/aromatic N) is 1. The van der Waals surface area contributed by atoms with E-state index in [9.17, 15) is 9.59 Å². The van der Waals surface area contributed by atoms with Gasteiger partial charge in [0.1, 0.15) is 0 Å². The molecule has 0 fully saturated rings. The molecule has 0 aliphatic carbocycles. The van der Waals surface area contributed by atoms with Gasteiger partial charge in [0, 0.05) is 19.8 Å². The number of carbonyl (C=O) groups is 2. The van der Waals surface area contributed by atoms with Crippen molar-refractivity contribution in [3.05, 3.63) is 29.8 Å². The second-order valence-electron chi connectivity index (χ2n) is 3.71. The Labute approximate surface area is 106 Å². The van der Waals surface area contributed by atoms with Crippen molar-refractivity contribution in [3.63, 3.8) is 0 Å². The molecule has 0 radical (unpaired) electrons. The van der Waals surface area contributed by atoms with E-state index < -0.39 is 12.0 Å². The molecule has 0 saturated carbocycles. The molecule has 1 aromatic carbocycles. The Bertz CT molecular complexity index is 432. The smallest absolute Gasteiger partial charge is 0.426 e. The van der Waals surface area contributed by atoms with Crippen LogP contribution in [0.1, 0.15) is 17.3 Å². The third kappa shape index (κ3) is 3.65. The lowest BCUT2D eigenvalue weighted by molar-refractivity contribution is 0.0913. The highest BCUT2D eigenvalue weighted by Gasteiger charge is 2.12. The van der Waals surface area contributed by atoms with Crippen LogP contribution in [0.15, 0.2) is 24.3 Å². The number of rotatable bonds is 3. The van der Waals surface area contributed by atoms with Crippen LogP contribution in [0.25, 0.3) is 0 Å². The number of amides is 2. The summed E-state index contributed by atoms with van der Waals surface area (Å²) >= 11 is 0. The maximum Gasteiger partial charge on any atom is 0.426 e. The summed E-state index contributed by atoms with van der Waals surface area (Å²) < 4.78 is 4.63. The van der Waals surface area contributed by atoms with E-state index in [2.05, 4.69) is 15.6 Å². The van der Waals surface area contributed by atoms with Gasteiger partial charge in [-0.25, -0.2) is 10.2 Å². The van der Waals surface area contributed by atoms with Crippen molar-refractivity contribution in [2.75, 3.05) is 25.6 Å². The highest BCUT2D eigenvalue weighted by molar-refractivity contribution is 6.00. The zero-order valence-electron chi connectivity index (χ0n) is 10.7. The normalized spacial score (nSPS) is 9.50. The summed E-state index contributed by atoms with van der Waals surface area (Å²) in [5.74, 6) is -0.396. The molecule has 0 atom stereocenters. The summed E-state index contributed by atoms with van der Waals surface area (Å²) in [6, 6.07) is 7.09. The average molecular weight is 251 g/mol. The Morgan fingerprint density at radius 2 is 1.89 bits per heavy atom. The molecule has 2 amide bonds. The number of benzene rings is 1. The molecule has 0 unspecified atom stereocenters. The molecular formula is C12H17N3O3. The number of hydrazine groups is 1. The Balaban J connectivity index is 2.70.